The van der Waals surface area contributed by atoms with Gasteiger partial charge in [-0.15, -0.1) is 0 Å². The molecule has 16 heavy (non-hydrogen) atoms. The van der Waals surface area contributed by atoms with E-state index in [4.69, 9.17) is 5.73 Å². The molecule has 0 bridgehead atoms. The van der Waals surface area contributed by atoms with Crippen molar-refractivity contribution in [3.8, 4) is 0 Å². The van der Waals surface area contributed by atoms with Crippen LogP contribution in [-0.2, 0) is 4.79 Å². The fraction of sp³-hybridized carbons (Fsp3) is 0.917. The standard InChI is InChI=1S/C12H23N3O/c1-2-9(13)12(16)14-10-6-8-15-7-4-3-5-11(10)15/h9-11H,2-8,13H2,1H3,(H,14,16). The molecule has 0 saturated carbocycles. The van der Waals surface area contributed by atoms with Gasteiger partial charge in [0.15, 0.2) is 0 Å². The van der Waals surface area contributed by atoms with Gasteiger partial charge in [-0.1, -0.05) is 13.3 Å². The average Bonchev–Trinajstić information content (AvgIpc) is 2.72. The fourth-order valence-corrected chi connectivity index (χ4v) is 2.89. The number of carbonyl (C=O) groups excluding carboxylic acids is 1. The van der Waals surface area contributed by atoms with Gasteiger partial charge in [-0.25, -0.2) is 0 Å². The van der Waals surface area contributed by atoms with E-state index in [1.807, 2.05) is 6.92 Å². The van der Waals surface area contributed by atoms with Gasteiger partial charge in [0.25, 0.3) is 0 Å². The molecule has 2 aliphatic rings. The summed E-state index contributed by atoms with van der Waals surface area (Å²) in [6, 6.07) is 0.574. The Labute approximate surface area is 97.6 Å². The summed E-state index contributed by atoms with van der Waals surface area (Å²) in [5, 5.41) is 3.12. The summed E-state index contributed by atoms with van der Waals surface area (Å²) in [5.41, 5.74) is 5.74. The Morgan fingerprint density at radius 3 is 3.00 bits per heavy atom. The summed E-state index contributed by atoms with van der Waals surface area (Å²) in [5.74, 6) is 0.0277. The van der Waals surface area contributed by atoms with Gasteiger partial charge in [0.2, 0.25) is 5.91 Å². The second kappa shape index (κ2) is 5.15. The third kappa shape index (κ3) is 2.38. The molecule has 0 aromatic heterocycles. The van der Waals surface area contributed by atoms with Crippen molar-refractivity contribution in [2.75, 3.05) is 13.1 Å². The lowest BCUT2D eigenvalue weighted by Gasteiger charge is -2.32. The first-order chi connectivity index (χ1) is 7.72. The maximum absolute atomic E-state index is 11.7. The van der Waals surface area contributed by atoms with Crippen molar-refractivity contribution in [1.82, 2.24) is 10.2 Å². The van der Waals surface area contributed by atoms with Crippen LogP contribution in [0.2, 0.25) is 0 Å². The summed E-state index contributed by atoms with van der Waals surface area (Å²) in [6.07, 6.45) is 5.64. The lowest BCUT2D eigenvalue weighted by Crippen LogP contribution is -2.51. The minimum absolute atomic E-state index is 0.0277. The Morgan fingerprint density at radius 1 is 1.44 bits per heavy atom. The number of fused-ring (bicyclic) bond motifs is 1. The molecule has 2 rings (SSSR count). The highest BCUT2D eigenvalue weighted by atomic mass is 16.2. The molecule has 0 aromatic rings. The van der Waals surface area contributed by atoms with Crippen LogP contribution >= 0.6 is 0 Å². The molecular formula is C12H23N3O. The zero-order valence-electron chi connectivity index (χ0n) is 10.1. The number of nitrogens with one attached hydrogen (secondary N) is 1. The molecule has 2 fully saturated rings. The molecule has 0 aliphatic carbocycles. The molecule has 2 aliphatic heterocycles. The van der Waals surface area contributed by atoms with Crippen molar-refractivity contribution in [1.29, 1.82) is 0 Å². The number of nitrogens with zero attached hydrogens (tertiary/aromatic N) is 1. The summed E-state index contributed by atoms with van der Waals surface area (Å²) < 4.78 is 0. The largest absolute Gasteiger partial charge is 0.350 e. The summed E-state index contributed by atoms with van der Waals surface area (Å²) >= 11 is 0. The Morgan fingerprint density at radius 2 is 2.25 bits per heavy atom. The molecule has 3 unspecified atom stereocenters. The summed E-state index contributed by atoms with van der Waals surface area (Å²) in [6.45, 7) is 4.29. The van der Waals surface area contributed by atoms with Gasteiger partial charge in [0, 0.05) is 18.6 Å². The zero-order chi connectivity index (χ0) is 11.5. The van der Waals surface area contributed by atoms with Crippen LogP contribution in [-0.4, -0.2) is 42.0 Å². The molecule has 3 atom stereocenters. The van der Waals surface area contributed by atoms with Crippen LogP contribution in [0.3, 0.4) is 0 Å². The van der Waals surface area contributed by atoms with Crippen molar-refractivity contribution in [3.63, 3.8) is 0 Å². The first kappa shape index (κ1) is 11.9. The van der Waals surface area contributed by atoms with Gasteiger partial charge in [-0.2, -0.15) is 0 Å². The van der Waals surface area contributed by atoms with Crippen molar-refractivity contribution in [3.05, 3.63) is 0 Å². The van der Waals surface area contributed by atoms with E-state index in [1.54, 1.807) is 0 Å². The second-order valence-electron chi connectivity index (χ2n) is 5.02. The van der Waals surface area contributed by atoms with E-state index in [-0.39, 0.29) is 11.9 Å². The summed E-state index contributed by atoms with van der Waals surface area (Å²) in [7, 11) is 0. The highest BCUT2D eigenvalue weighted by Crippen LogP contribution is 2.27. The molecule has 4 heteroatoms. The fourth-order valence-electron chi connectivity index (χ4n) is 2.89. The Balaban J connectivity index is 1.88. The number of nitrogens with two attached hydrogens (primary N) is 1. The number of carbonyl (C=O) groups is 1. The zero-order valence-corrected chi connectivity index (χ0v) is 10.1. The number of rotatable bonds is 3. The molecule has 2 saturated heterocycles. The van der Waals surface area contributed by atoms with Gasteiger partial charge in [0.1, 0.15) is 0 Å². The van der Waals surface area contributed by atoms with E-state index in [1.165, 1.54) is 25.8 Å². The van der Waals surface area contributed by atoms with Gasteiger partial charge >= 0.3 is 0 Å². The van der Waals surface area contributed by atoms with Crippen LogP contribution in [0.25, 0.3) is 0 Å². The third-order valence-corrected chi connectivity index (χ3v) is 3.96. The third-order valence-electron chi connectivity index (χ3n) is 3.96. The maximum atomic E-state index is 11.7. The number of amides is 1. The second-order valence-corrected chi connectivity index (χ2v) is 5.02. The van der Waals surface area contributed by atoms with E-state index in [9.17, 15) is 4.79 Å². The average molecular weight is 225 g/mol. The van der Waals surface area contributed by atoms with Gasteiger partial charge in [-0.3, -0.25) is 9.69 Å². The molecule has 3 N–H and O–H groups in total. The SMILES string of the molecule is CCC(N)C(=O)NC1CCN2CCCCC12. The molecule has 0 spiro atoms. The number of piperidine rings is 1. The molecule has 2 heterocycles. The van der Waals surface area contributed by atoms with Crippen LogP contribution in [0.1, 0.15) is 39.0 Å². The molecular weight excluding hydrogens is 202 g/mol. The first-order valence-electron chi connectivity index (χ1n) is 6.52. The number of hydrogen-bond donors (Lipinski definition) is 2. The molecule has 1 amide bonds. The predicted molar refractivity (Wildman–Crippen MR) is 64.0 cm³/mol. The lowest BCUT2D eigenvalue weighted by atomic mass is 9.99. The Kier molecular flexibility index (Phi) is 3.82. The first-order valence-corrected chi connectivity index (χ1v) is 6.52. The predicted octanol–water partition coefficient (Wildman–Crippen LogP) is 0.467. The van der Waals surface area contributed by atoms with Crippen molar-refractivity contribution >= 4 is 5.91 Å². The van der Waals surface area contributed by atoms with E-state index in [0.29, 0.717) is 18.5 Å². The van der Waals surface area contributed by atoms with Crippen molar-refractivity contribution in [2.24, 2.45) is 5.73 Å². The summed E-state index contributed by atoms with van der Waals surface area (Å²) in [4.78, 5) is 14.3. The smallest absolute Gasteiger partial charge is 0.237 e. The molecule has 92 valence electrons. The van der Waals surface area contributed by atoms with Crippen LogP contribution in [0.4, 0.5) is 0 Å². The quantitative estimate of drug-likeness (QED) is 0.734. The topological polar surface area (TPSA) is 58.4 Å². The molecule has 4 nitrogen and oxygen atoms in total. The van der Waals surface area contributed by atoms with Crippen LogP contribution < -0.4 is 11.1 Å². The van der Waals surface area contributed by atoms with Crippen LogP contribution in [0.15, 0.2) is 0 Å². The number of hydrogen-bond acceptors (Lipinski definition) is 3. The molecule has 0 aromatic carbocycles. The van der Waals surface area contributed by atoms with Gasteiger partial charge < -0.3 is 11.1 Å². The van der Waals surface area contributed by atoms with Crippen molar-refractivity contribution < 1.29 is 4.79 Å². The Bertz CT molecular complexity index is 257. The van der Waals surface area contributed by atoms with Crippen molar-refractivity contribution in [2.45, 2.75) is 57.2 Å². The maximum Gasteiger partial charge on any atom is 0.237 e. The van der Waals surface area contributed by atoms with E-state index in [0.717, 1.165) is 13.0 Å². The lowest BCUT2D eigenvalue weighted by molar-refractivity contribution is -0.123. The van der Waals surface area contributed by atoms with E-state index in [2.05, 4.69) is 10.2 Å². The monoisotopic (exact) mass is 225 g/mol. The van der Waals surface area contributed by atoms with Gasteiger partial charge in [-0.05, 0) is 32.2 Å². The minimum Gasteiger partial charge on any atom is -0.350 e. The van der Waals surface area contributed by atoms with Crippen LogP contribution in [0, 0.1) is 0 Å². The van der Waals surface area contributed by atoms with Crippen LogP contribution in [0.5, 0.6) is 0 Å². The molecule has 0 radical (unpaired) electrons. The van der Waals surface area contributed by atoms with Gasteiger partial charge in [0.05, 0.1) is 6.04 Å². The highest BCUT2D eigenvalue weighted by molar-refractivity contribution is 5.81. The Hall–Kier alpha value is -0.610. The normalized spacial score (nSPS) is 32.1. The minimum atomic E-state index is -0.336. The van der Waals surface area contributed by atoms with E-state index < -0.39 is 0 Å². The van der Waals surface area contributed by atoms with E-state index >= 15 is 0 Å². The highest BCUT2D eigenvalue weighted by Gasteiger charge is 2.36.